The van der Waals surface area contributed by atoms with Gasteiger partial charge in [-0.2, -0.15) is 0 Å². The van der Waals surface area contributed by atoms with E-state index in [9.17, 15) is 0 Å². The Morgan fingerprint density at radius 3 is 2.15 bits per heavy atom. The molecule has 0 aromatic carbocycles. The summed E-state index contributed by atoms with van der Waals surface area (Å²) in [6.07, 6.45) is 3.67. The second-order valence-corrected chi connectivity index (χ2v) is 2.79. The number of nitrogens with two attached hydrogens (primary N) is 1. The van der Waals surface area contributed by atoms with Crippen molar-refractivity contribution in [3.05, 3.63) is 30.6 Å². The Hall–Kier alpha value is -0.970. The Labute approximate surface area is 78.6 Å². The fourth-order valence-corrected chi connectivity index (χ4v) is 0.988. The van der Waals surface area contributed by atoms with Crippen LogP contribution in [0.2, 0.25) is 0 Å². The second kappa shape index (κ2) is 6.54. The lowest BCUT2D eigenvalue weighted by Gasteiger charge is -2.19. The molecule has 13 heavy (non-hydrogen) atoms. The third-order valence-electron chi connectivity index (χ3n) is 1.64. The maximum Gasteiger partial charge on any atom is 0.0675 e. The van der Waals surface area contributed by atoms with E-state index in [2.05, 4.69) is 15.6 Å². The van der Waals surface area contributed by atoms with E-state index >= 15 is 0 Å². The zero-order chi connectivity index (χ0) is 9.36. The standard InChI is InChI=1S/C5H5N.C4H11N3/c1-2-4-6-5-3-1;5-4-3-6-1-2-7-4/h1-5H;4,6-7H,1-3,5H2. The van der Waals surface area contributed by atoms with Crippen molar-refractivity contribution in [2.75, 3.05) is 19.6 Å². The van der Waals surface area contributed by atoms with Gasteiger partial charge in [0.2, 0.25) is 0 Å². The molecule has 0 saturated carbocycles. The summed E-state index contributed by atoms with van der Waals surface area (Å²) in [4.78, 5) is 3.78. The van der Waals surface area contributed by atoms with E-state index in [4.69, 9.17) is 5.73 Å². The van der Waals surface area contributed by atoms with E-state index in [1.807, 2.05) is 18.2 Å². The summed E-state index contributed by atoms with van der Waals surface area (Å²) in [6.45, 7) is 2.95. The molecule has 0 radical (unpaired) electrons. The molecule has 1 aromatic heterocycles. The smallest absolute Gasteiger partial charge is 0.0675 e. The highest BCUT2D eigenvalue weighted by molar-refractivity contribution is 4.88. The van der Waals surface area contributed by atoms with Crippen LogP contribution >= 0.6 is 0 Å². The van der Waals surface area contributed by atoms with Gasteiger partial charge in [0, 0.05) is 32.0 Å². The summed E-state index contributed by atoms with van der Waals surface area (Å²) in [5.41, 5.74) is 5.46. The minimum Gasteiger partial charge on any atom is -0.315 e. The quantitative estimate of drug-likeness (QED) is 0.506. The zero-order valence-corrected chi connectivity index (χ0v) is 7.61. The summed E-state index contributed by atoms with van der Waals surface area (Å²) in [5.74, 6) is 0. The summed E-state index contributed by atoms with van der Waals surface area (Å²) in [5, 5.41) is 6.24. The predicted molar refractivity (Wildman–Crippen MR) is 53.1 cm³/mol. The van der Waals surface area contributed by atoms with Gasteiger partial charge >= 0.3 is 0 Å². The highest BCUT2D eigenvalue weighted by Gasteiger charge is 2.03. The van der Waals surface area contributed by atoms with Crippen LogP contribution in [0.25, 0.3) is 0 Å². The van der Waals surface area contributed by atoms with Crippen LogP contribution in [0.5, 0.6) is 0 Å². The van der Waals surface area contributed by atoms with Gasteiger partial charge in [-0.3, -0.25) is 10.3 Å². The van der Waals surface area contributed by atoms with Crippen molar-refractivity contribution in [1.29, 1.82) is 0 Å². The maximum absolute atomic E-state index is 5.46. The summed E-state index contributed by atoms with van der Waals surface area (Å²) < 4.78 is 0. The Balaban J connectivity index is 0.000000132. The number of hydrogen-bond donors (Lipinski definition) is 3. The molecule has 1 unspecified atom stereocenters. The molecule has 1 fully saturated rings. The number of nitrogens with one attached hydrogen (secondary N) is 2. The molecule has 2 heterocycles. The van der Waals surface area contributed by atoms with Crippen molar-refractivity contribution in [3.63, 3.8) is 0 Å². The van der Waals surface area contributed by atoms with Gasteiger partial charge in [0.05, 0.1) is 6.17 Å². The summed E-state index contributed by atoms with van der Waals surface area (Å²) in [6, 6.07) is 5.72. The molecule has 4 N–H and O–H groups in total. The molecular formula is C9H16N4. The fraction of sp³-hybridized carbons (Fsp3) is 0.444. The minimum absolute atomic E-state index is 0.175. The number of hydrogen-bond acceptors (Lipinski definition) is 4. The molecule has 0 spiro atoms. The molecule has 1 aliphatic heterocycles. The van der Waals surface area contributed by atoms with E-state index in [1.54, 1.807) is 12.4 Å². The SMILES string of the molecule is NC1CNCCN1.c1ccncc1. The van der Waals surface area contributed by atoms with Crippen LogP contribution in [0.1, 0.15) is 0 Å². The third-order valence-corrected chi connectivity index (χ3v) is 1.64. The molecular weight excluding hydrogens is 164 g/mol. The van der Waals surface area contributed by atoms with E-state index in [0.29, 0.717) is 0 Å². The normalized spacial score (nSPS) is 21.5. The average molecular weight is 180 g/mol. The molecule has 4 heteroatoms. The molecule has 1 saturated heterocycles. The zero-order valence-electron chi connectivity index (χ0n) is 7.61. The monoisotopic (exact) mass is 180 g/mol. The van der Waals surface area contributed by atoms with Gasteiger partial charge < -0.3 is 11.1 Å². The average Bonchev–Trinajstić information content (AvgIpc) is 2.22. The Kier molecular flexibility index (Phi) is 5.08. The first-order valence-electron chi connectivity index (χ1n) is 4.44. The molecule has 4 nitrogen and oxygen atoms in total. The first-order chi connectivity index (χ1) is 6.39. The Morgan fingerprint density at radius 1 is 1.15 bits per heavy atom. The lowest BCUT2D eigenvalue weighted by atomic mass is 10.4. The summed E-state index contributed by atoms with van der Waals surface area (Å²) >= 11 is 0. The van der Waals surface area contributed by atoms with Crippen LogP contribution in [0.15, 0.2) is 30.6 Å². The van der Waals surface area contributed by atoms with Gasteiger partial charge in [0.15, 0.2) is 0 Å². The van der Waals surface area contributed by atoms with Crippen molar-refractivity contribution in [2.45, 2.75) is 6.17 Å². The van der Waals surface area contributed by atoms with Gasteiger partial charge in [-0.25, -0.2) is 0 Å². The minimum atomic E-state index is 0.175. The first kappa shape index (κ1) is 10.1. The van der Waals surface area contributed by atoms with Gasteiger partial charge in [0.25, 0.3) is 0 Å². The van der Waals surface area contributed by atoms with Crippen LogP contribution in [-0.2, 0) is 0 Å². The van der Waals surface area contributed by atoms with Crippen LogP contribution < -0.4 is 16.4 Å². The van der Waals surface area contributed by atoms with Crippen LogP contribution in [-0.4, -0.2) is 30.8 Å². The largest absolute Gasteiger partial charge is 0.315 e. The molecule has 1 aliphatic rings. The van der Waals surface area contributed by atoms with E-state index in [1.165, 1.54) is 0 Å². The number of pyridine rings is 1. The van der Waals surface area contributed by atoms with Crippen LogP contribution in [0.3, 0.4) is 0 Å². The van der Waals surface area contributed by atoms with Crippen molar-refractivity contribution in [2.24, 2.45) is 5.73 Å². The predicted octanol–water partition coefficient (Wildman–Crippen LogP) is -0.454. The highest BCUT2D eigenvalue weighted by atomic mass is 15.1. The Bertz CT molecular complexity index is 169. The van der Waals surface area contributed by atoms with E-state index in [-0.39, 0.29) is 6.17 Å². The van der Waals surface area contributed by atoms with Crippen LogP contribution in [0.4, 0.5) is 0 Å². The second-order valence-electron chi connectivity index (χ2n) is 2.79. The topological polar surface area (TPSA) is 63.0 Å². The number of aromatic nitrogens is 1. The van der Waals surface area contributed by atoms with Gasteiger partial charge in [-0.15, -0.1) is 0 Å². The lowest BCUT2D eigenvalue weighted by Crippen LogP contribution is -2.53. The molecule has 0 bridgehead atoms. The van der Waals surface area contributed by atoms with Gasteiger partial charge in [-0.05, 0) is 12.1 Å². The maximum atomic E-state index is 5.46. The van der Waals surface area contributed by atoms with Crippen molar-refractivity contribution in [1.82, 2.24) is 15.6 Å². The van der Waals surface area contributed by atoms with Crippen molar-refractivity contribution >= 4 is 0 Å². The van der Waals surface area contributed by atoms with Crippen molar-refractivity contribution < 1.29 is 0 Å². The molecule has 0 amide bonds. The number of piperazine rings is 1. The van der Waals surface area contributed by atoms with Gasteiger partial charge in [-0.1, -0.05) is 6.07 Å². The van der Waals surface area contributed by atoms with Gasteiger partial charge in [0.1, 0.15) is 0 Å². The lowest BCUT2D eigenvalue weighted by molar-refractivity contribution is 0.428. The summed E-state index contributed by atoms with van der Waals surface area (Å²) in [7, 11) is 0. The molecule has 1 aromatic rings. The number of rotatable bonds is 0. The first-order valence-corrected chi connectivity index (χ1v) is 4.44. The Morgan fingerprint density at radius 2 is 1.92 bits per heavy atom. The fourth-order valence-electron chi connectivity index (χ4n) is 0.988. The van der Waals surface area contributed by atoms with E-state index in [0.717, 1.165) is 19.6 Å². The molecule has 0 aliphatic carbocycles. The van der Waals surface area contributed by atoms with Crippen LogP contribution in [0, 0.1) is 0 Å². The molecule has 1 atom stereocenters. The van der Waals surface area contributed by atoms with E-state index < -0.39 is 0 Å². The number of nitrogens with zero attached hydrogens (tertiary/aromatic N) is 1. The third kappa shape index (κ3) is 5.30. The molecule has 72 valence electrons. The van der Waals surface area contributed by atoms with Crippen molar-refractivity contribution in [3.8, 4) is 0 Å². The molecule has 2 rings (SSSR count). The highest BCUT2D eigenvalue weighted by Crippen LogP contribution is 1.74.